The molecular weight excluding hydrogens is 300 g/mol. The molecule has 7 heteroatoms. The quantitative estimate of drug-likeness (QED) is 0.376. The van der Waals surface area contributed by atoms with Gasteiger partial charge in [0.25, 0.3) is 0 Å². The third-order valence-corrected chi connectivity index (χ3v) is 3.03. The minimum absolute atomic E-state index is 0.109. The summed E-state index contributed by atoms with van der Waals surface area (Å²) in [4.78, 5) is 35.5. The van der Waals surface area contributed by atoms with Crippen molar-refractivity contribution in [3.8, 4) is 0 Å². The molecule has 0 saturated heterocycles. The van der Waals surface area contributed by atoms with Crippen molar-refractivity contribution in [2.75, 3.05) is 13.2 Å². The first-order valence-corrected chi connectivity index (χ1v) is 8.10. The Bertz CT molecular complexity index is 409. The van der Waals surface area contributed by atoms with Crippen LogP contribution in [0.15, 0.2) is 12.3 Å². The van der Waals surface area contributed by atoms with Gasteiger partial charge in [-0.15, -0.1) is 0 Å². The molecule has 0 rings (SSSR count). The first-order chi connectivity index (χ1) is 11.0. The van der Waals surface area contributed by atoms with E-state index in [1.54, 1.807) is 13.8 Å². The van der Waals surface area contributed by atoms with Crippen LogP contribution in [-0.2, 0) is 14.3 Å². The van der Waals surface area contributed by atoms with Crippen molar-refractivity contribution in [2.45, 2.75) is 59.3 Å². The van der Waals surface area contributed by atoms with Crippen LogP contribution in [0.5, 0.6) is 0 Å². The monoisotopic (exact) mass is 328 g/mol. The van der Waals surface area contributed by atoms with Crippen molar-refractivity contribution in [1.29, 1.82) is 0 Å². The first kappa shape index (κ1) is 20.9. The van der Waals surface area contributed by atoms with Gasteiger partial charge in [-0.05, 0) is 20.3 Å². The Balaban J connectivity index is 4.61. The molecule has 1 N–H and O–H groups in total. The number of hydrogen-bond donors (Lipinski definition) is 1. The molecule has 0 heterocycles. The predicted octanol–water partition coefficient (Wildman–Crippen LogP) is 3.55. The lowest BCUT2D eigenvalue weighted by Crippen LogP contribution is -2.47. The number of hydrazine groups is 1. The molecule has 7 nitrogen and oxygen atoms in total. The van der Waals surface area contributed by atoms with E-state index in [9.17, 15) is 14.4 Å². The second kappa shape index (κ2) is 12.5. The van der Waals surface area contributed by atoms with E-state index in [4.69, 9.17) is 9.47 Å². The lowest BCUT2D eigenvalue weighted by atomic mass is 10.1. The number of carbonyl (C=O) groups excluding carboxylic acids is 3. The molecule has 0 bridgehead atoms. The number of ether oxygens (including phenoxy) is 2. The van der Waals surface area contributed by atoms with E-state index < -0.39 is 12.2 Å². The van der Waals surface area contributed by atoms with E-state index in [1.807, 2.05) is 0 Å². The van der Waals surface area contributed by atoms with Gasteiger partial charge in [0.15, 0.2) is 5.78 Å². The Morgan fingerprint density at radius 2 is 1.57 bits per heavy atom. The fraction of sp³-hybridized carbons (Fsp3) is 0.688. The van der Waals surface area contributed by atoms with Gasteiger partial charge in [0.2, 0.25) is 0 Å². The fourth-order valence-corrected chi connectivity index (χ4v) is 1.82. The number of carbonyl (C=O) groups is 3. The van der Waals surface area contributed by atoms with Gasteiger partial charge in [0.1, 0.15) is 5.70 Å². The van der Waals surface area contributed by atoms with E-state index in [-0.39, 0.29) is 31.1 Å². The van der Waals surface area contributed by atoms with E-state index in [0.29, 0.717) is 11.4 Å². The number of amides is 2. The zero-order valence-corrected chi connectivity index (χ0v) is 14.4. The molecule has 23 heavy (non-hydrogen) atoms. The Morgan fingerprint density at radius 3 is 2.13 bits per heavy atom. The number of rotatable bonds is 10. The number of Topliss-reactive ketones (excluding diaryl/α,β-unsaturated/α-hetero) is 1. The summed E-state index contributed by atoms with van der Waals surface area (Å²) >= 11 is 0. The summed E-state index contributed by atoms with van der Waals surface area (Å²) in [7, 11) is 0. The third kappa shape index (κ3) is 8.85. The molecule has 0 radical (unpaired) electrons. The summed E-state index contributed by atoms with van der Waals surface area (Å²) in [6.45, 7) is 9.21. The lowest BCUT2D eigenvalue weighted by Gasteiger charge is -2.22. The molecular formula is C16H28N2O5. The van der Waals surface area contributed by atoms with Gasteiger partial charge in [0.05, 0.1) is 13.2 Å². The zero-order valence-electron chi connectivity index (χ0n) is 14.4. The number of nitrogens with zero attached hydrogens (tertiary/aromatic N) is 1. The number of allylic oxidation sites excluding steroid dienone is 1. The average molecular weight is 328 g/mol. The topological polar surface area (TPSA) is 84.9 Å². The van der Waals surface area contributed by atoms with E-state index in [1.165, 1.54) is 0 Å². The van der Waals surface area contributed by atoms with Gasteiger partial charge < -0.3 is 9.47 Å². The van der Waals surface area contributed by atoms with Crippen LogP contribution in [0.25, 0.3) is 0 Å². The van der Waals surface area contributed by atoms with Crippen LogP contribution in [0, 0.1) is 0 Å². The highest BCUT2D eigenvalue weighted by Crippen LogP contribution is 2.11. The standard InChI is InChI=1S/C16H28N2O5/c1-5-8-9-10-11-12-14(19)13(4)18(16(21)23-7-3)17-15(20)22-6-2/h4-12H2,1-3H3,(H,17,20). The summed E-state index contributed by atoms with van der Waals surface area (Å²) in [5, 5.41) is 0.704. The number of nitrogens with one attached hydrogen (secondary N) is 1. The molecule has 0 atom stereocenters. The number of hydrogen-bond acceptors (Lipinski definition) is 5. The van der Waals surface area contributed by atoms with E-state index >= 15 is 0 Å². The second-order valence-electron chi connectivity index (χ2n) is 4.90. The molecule has 0 aromatic rings. The average Bonchev–Trinajstić information content (AvgIpc) is 2.52. The Morgan fingerprint density at radius 1 is 0.957 bits per heavy atom. The molecule has 132 valence electrons. The predicted molar refractivity (Wildman–Crippen MR) is 86.5 cm³/mol. The maximum absolute atomic E-state index is 12.1. The summed E-state index contributed by atoms with van der Waals surface area (Å²) in [6, 6.07) is 0. The summed E-state index contributed by atoms with van der Waals surface area (Å²) in [6.07, 6.45) is 3.53. The van der Waals surface area contributed by atoms with Crippen LogP contribution in [0.3, 0.4) is 0 Å². The molecule has 0 fully saturated rings. The van der Waals surface area contributed by atoms with Crippen molar-refractivity contribution in [2.24, 2.45) is 0 Å². The highest BCUT2D eigenvalue weighted by atomic mass is 16.6. The molecule has 0 saturated carbocycles. The van der Waals surface area contributed by atoms with Crippen LogP contribution < -0.4 is 5.43 Å². The minimum Gasteiger partial charge on any atom is -0.449 e. The molecule has 0 aliphatic rings. The molecule has 0 aliphatic carbocycles. The second-order valence-corrected chi connectivity index (χ2v) is 4.90. The van der Waals surface area contributed by atoms with Gasteiger partial charge in [-0.2, -0.15) is 5.01 Å². The summed E-state index contributed by atoms with van der Waals surface area (Å²) < 4.78 is 9.52. The fourth-order valence-electron chi connectivity index (χ4n) is 1.82. The van der Waals surface area contributed by atoms with Gasteiger partial charge in [0, 0.05) is 6.42 Å². The van der Waals surface area contributed by atoms with Crippen LogP contribution in [0.1, 0.15) is 59.3 Å². The summed E-state index contributed by atoms with van der Waals surface area (Å²) in [5.41, 5.74) is 2.04. The third-order valence-electron chi connectivity index (χ3n) is 3.03. The molecule has 0 aromatic heterocycles. The van der Waals surface area contributed by atoms with Gasteiger partial charge >= 0.3 is 12.2 Å². The largest absolute Gasteiger partial charge is 0.449 e. The number of unbranched alkanes of at least 4 members (excludes halogenated alkanes) is 4. The van der Waals surface area contributed by atoms with Crippen LogP contribution >= 0.6 is 0 Å². The first-order valence-electron chi connectivity index (χ1n) is 8.10. The van der Waals surface area contributed by atoms with Gasteiger partial charge in [-0.3, -0.25) is 4.79 Å². The van der Waals surface area contributed by atoms with Crippen LogP contribution in [0.4, 0.5) is 9.59 Å². The van der Waals surface area contributed by atoms with Crippen LogP contribution in [0.2, 0.25) is 0 Å². The number of ketones is 1. The lowest BCUT2D eigenvalue weighted by molar-refractivity contribution is -0.117. The van der Waals surface area contributed by atoms with Gasteiger partial charge in [-0.1, -0.05) is 39.2 Å². The van der Waals surface area contributed by atoms with E-state index in [0.717, 1.165) is 25.7 Å². The molecule has 2 amide bonds. The van der Waals surface area contributed by atoms with Crippen molar-refractivity contribution < 1.29 is 23.9 Å². The molecule has 0 aliphatic heterocycles. The maximum atomic E-state index is 12.1. The summed E-state index contributed by atoms with van der Waals surface area (Å²) in [5.74, 6) is -0.314. The molecule has 0 spiro atoms. The highest BCUT2D eigenvalue weighted by molar-refractivity contribution is 5.97. The Hall–Kier alpha value is -2.05. The minimum atomic E-state index is -0.870. The van der Waals surface area contributed by atoms with Crippen molar-refractivity contribution in [3.63, 3.8) is 0 Å². The van der Waals surface area contributed by atoms with E-state index in [2.05, 4.69) is 18.9 Å². The van der Waals surface area contributed by atoms with Crippen molar-refractivity contribution in [3.05, 3.63) is 12.3 Å². The van der Waals surface area contributed by atoms with Crippen molar-refractivity contribution in [1.82, 2.24) is 10.4 Å². The van der Waals surface area contributed by atoms with Gasteiger partial charge in [-0.25, -0.2) is 15.0 Å². The smallest absolute Gasteiger partial charge is 0.433 e. The highest BCUT2D eigenvalue weighted by Gasteiger charge is 2.25. The normalized spacial score (nSPS) is 9.87. The van der Waals surface area contributed by atoms with Crippen LogP contribution in [-0.4, -0.2) is 36.2 Å². The zero-order chi connectivity index (χ0) is 17.7. The maximum Gasteiger partial charge on any atom is 0.433 e. The molecule has 0 unspecified atom stereocenters. The Labute approximate surface area is 138 Å². The Kier molecular flexibility index (Phi) is 11.4. The molecule has 0 aromatic carbocycles. The van der Waals surface area contributed by atoms with Crippen molar-refractivity contribution >= 4 is 18.0 Å². The SMILES string of the molecule is C=C(C(=O)CCCCCCC)N(NC(=O)OCC)C(=O)OCC.